The van der Waals surface area contributed by atoms with Gasteiger partial charge in [-0.2, -0.15) is 0 Å². The lowest BCUT2D eigenvalue weighted by atomic mass is 9.99. The Morgan fingerprint density at radius 3 is 2.59 bits per heavy atom. The van der Waals surface area contributed by atoms with E-state index in [-0.39, 0.29) is 0 Å². The summed E-state index contributed by atoms with van der Waals surface area (Å²) in [7, 11) is 0. The minimum absolute atomic E-state index is 0.377. The molecule has 1 aromatic heterocycles. The highest BCUT2D eigenvalue weighted by atomic mass is 16.7. The summed E-state index contributed by atoms with van der Waals surface area (Å²) >= 11 is 0. The number of para-hydroxylation sites is 1. The van der Waals surface area contributed by atoms with Gasteiger partial charge in [0, 0.05) is 11.6 Å². The average molecular weight is 307 g/mol. The summed E-state index contributed by atoms with van der Waals surface area (Å²) in [5.74, 6) is 0.377. The number of benzene rings is 1. The van der Waals surface area contributed by atoms with Crippen molar-refractivity contribution in [3.63, 3.8) is 0 Å². The normalized spacial score (nSPS) is 32.1. The summed E-state index contributed by atoms with van der Waals surface area (Å²) in [5.41, 5.74) is 0.585. The van der Waals surface area contributed by atoms with Crippen LogP contribution in [0.5, 0.6) is 5.75 Å². The maximum atomic E-state index is 9.99. The van der Waals surface area contributed by atoms with Crippen LogP contribution in [0.15, 0.2) is 36.5 Å². The van der Waals surface area contributed by atoms with Crippen molar-refractivity contribution in [2.45, 2.75) is 30.7 Å². The zero-order valence-corrected chi connectivity index (χ0v) is 11.6. The van der Waals surface area contributed by atoms with Gasteiger partial charge in [-0.25, -0.2) is 0 Å². The molecule has 1 fully saturated rings. The molecule has 0 radical (unpaired) electrons. The largest absolute Gasteiger partial charge is 0.460 e. The highest BCUT2D eigenvalue weighted by Crippen LogP contribution is 2.28. The van der Waals surface area contributed by atoms with Crippen molar-refractivity contribution in [2.24, 2.45) is 0 Å². The van der Waals surface area contributed by atoms with Crippen LogP contribution in [0.1, 0.15) is 0 Å². The molecule has 2 heterocycles. The molecule has 7 nitrogen and oxygen atoms in total. The fourth-order valence-electron chi connectivity index (χ4n) is 2.46. The van der Waals surface area contributed by atoms with E-state index in [0.717, 1.165) is 5.39 Å². The van der Waals surface area contributed by atoms with E-state index >= 15 is 0 Å². The van der Waals surface area contributed by atoms with Crippen molar-refractivity contribution in [1.82, 2.24) is 4.98 Å². The molecule has 7 heteroatoms. The van der Waals surface area contributed by atoms with E-state index in [1.165, 1.54) is 0 Å². The van der Waals surface area contributed by atoms with Crippen LogP contribution < -0.4 is 4.74 Å². The first-order valence-electron chi connectivity index (χ1n) is 6.92. The highest BCUT2D eigenvalue weighted by Gasteiger charge is 2.44. The van der Waals surface area contributed by atoms with Crippen LogP contribution >= 0.6 is 0 Å². The van der Waals surface area contributed by atoms with E-state index in [1.807, 2.05) is 12.1 Å². The van der Waals surface area contributed by atoms with Gasteiger partial charge < -0.3 is 29.9 Å². The highest BCUT2D eigenvalue weighted by molar-refractivity contribution is 5.84. The Balaban J connectivity index is 1.87. The van der Waals surface area contributed by atoms with Gasteiger partial charge in [-0.1, -0.05) is 18.2 Å². The minimum atomic E-state index is -1.47. The molecule has 4 N–H and O–H groups in total. The smallest absolute Gasteiger partial charge is 0.229 e. The molecule has 22 heavy (non-hydrogen) atoms. The lowest BCUT2D eigenvalue weighted by Gasteiger charge is -2.39. The Morgan fingerprint density at radius 2 is 1.82 bits per heavy atom. The van der Waals surface area contributed by atoms with E-state index in [1.54, 1.807) is 24.4 Å². The van der Waals surface area contributed by atoms with E-state index in [4.69, 9.17) is 9.47 Å². The zero-order chi connectivity index (χ0) is 15.7. The molecular formula is C15H17NO6. The second-order valence-corrected chi connectivity index (χ2v) is 5.15. The van der Waals surface area contributed by atoms with E-state index in [2.05, 4.69) is 4.98 Å². The predicted octanol–water partition coefficient (Wildman–Crippen LogP) is -0.587. The summed E-state index contributed by atoms with van der Waals surface area (Å²) in [6, 6.07) is 8.95. The van der Waals surface area contributed by atoms with E-state index < -0.39 is 37.3 Å². The fraction of sp³-hybridized carbons (Fsp3) is 0.400. The number of pyridine rings is 1. The molecule has 0 bridgehead atoms. The zero-order valence-electron chi connectivity index (χ0n) is 11.6. The van der Waals surface area contributed by atoms with E-state index in [9.17, 15) is 20.4 Å². The van der Waals surface area contributed by atoms with Crippen LogP contribution in [-0.2, 0) is 4.74 Å². The van der Waals surface area contributed by atoms with Crippen LogP contribution in [-0.4, -0.2) is 62.7 Å². The Morgan fingerprint density at radius 1 is 1.05 bits per heavy atom. The maximum Gasteiger partial charge on any atom is 0.229 e. The van der Waals surface area contributed by atoms with Crippen molar-refractivity contribution < 1.29 is 29.9 Å². The fourth-order valence-corrected chi connectivity index (χ4v) is 2.46. The van der Waals surface area contributed by atoms with E-state index in [0.29, 0.717) is 11.3 Å². The quantitative estimate of drug-likeness (QED) is 0.600. The SMILES string of the molecule is OC[C@H]1OC(Oc2cccc3cccnc23)C(O)C(O)C1O. The Labute approximate surface area is 126 Å². The maximum absolute atomic E-state index is 9.99. The molecule has 5 atom stereocenters. The van der Waals surface area contributed by atoms with Crippen molar-refractivity contribution >= 4 is 10.9 Å². The number of hydrogen-bond acceptors (Lipinski definition) is 7. The number of nitrogens with zero attached hydrogens (tertiary/aromatic N) is 1. The Kier molecular flexibility index (Phi) is 4.23. The van der Waals surface area contributed by atoms with Gasteiger partial charge in [-0.05, 0) is 12.1 Å². The number of aromatic nitrogens is 1. The summed E-state index contributed by atoms with van der Waals surface area (Å²) in [5, 5.41) is 39.5. The Bertz CT molecular complexity index is 643. The van der Waals surface area contributed by atoms with Crippen LogP contribution in [0.3, 0.4) is 0 Å². The summed E-state index contributed by atoms with van der Waals surface area (Å²) in [6.07, 6.45) is -4.95. The molecule has 0 aliphatic carbocycles. The molecule has 2 aromatic rings. The van der Waals surface area contributed by atoms with Gasteiger partial charge in [-0.3, -0.25) is 4.98 Å². The van der Waals surface area contributed by atoms with Gasteiger partial charge in [0.1, 0.15) is 35.7 Å². The van der Waals surface area contributed by atoms with Crippen molar-refractivity contribution in [3.05, 3.63) is 36.5 Å². The molecular weight excluding hydrogens is 290 g/mol. The molecule has 1 aromatic carbocycles. The molecule has 0 amide bonds. The monoisotopic (exact) mass is 307 g/mol. The predicted molar refractivity (Wildman–Crippen MR) is 76.1 cm³/mol. The number of rotatable bonds is 3. The second-order valence-electron chi connectivity index (χ2n) is 5.15. The first-order chi connectivity index (χ1) is 10.6. The lowest BCUT2D eigenvalue weighted by Crippen LogP contribution is -2.60. The van der Waals surface area contributed by atoms with Crippen LogP contribution in [0.25, 0.3) is 10.9 Å². The summed E-state index contributed by atoms with van der Waals surface area (Å²) in [6.45, 7) is -0.501. The molecule has 0 spiro atoms. The second kappa shape index (κ2) is 6.15. The molecule has 1 aliphatic rings. The number of hydrogen-bond donors (Lipinski definition) is 4. The van der Waals surface area contributed by atoms with Gasteiger partial charge >= 0.3 is 0 Å². The van der Waals surface area contributed by atoms with Crippen molar-refractivity contribution in [2.75, 3.05) is 6.61 Å². The molecule has 1 aliphatic heterocycles. The topological polar surface area (TPSA) is 112 Å². The third-order valence-corrected chi connectivity index (χ3v) is 3.69. The number of ether oxygens (including phenoxy) is 2. The third kappa shape index (κ3) is 2.65. The van der Waals surface area contributed by atoms with Crippen molar-refractivity contribution in [1.29, 1.82) is 0 Å². The van der Waals surface area contributed by atoms with Crippen LogP contribution in [0.2, 0.25) is 0 Å². The number of fused-ring (bicyclic) bond motifs is 1. The van der Waals surface area contributed by atoms with Crippen molar-refractivity contribution in [3.8, 4) is 5.75 Å². The summed E-state index contributed by atoms with van der Waals surface area (Å²) < 4.78 is 10.9. The van der Waals surface area contributed by atoms with Gasteiger partial charge in [-0.15, -0.1) is 0 Å². The number of aliphatic hydroxyl groups is 4. The lowest BCUT2D eigenvalue weighted by molar-refractivity contribution is -0.277. The minimum Gasteiger partial charge on any atom is -0.460 e. The van der Waals surface area contributed by atoms with Crippen LogP contribution in [0, 0.1) is 0 Å². The van der Waals surface area contributed by atoms with Gasteiger partial charge in [0.2, 0.25) is 6.29 Å². The van der Waals surface area contributed by atoms with Gasteiger partial charge in [0.15, 0.2) is 0 Å². The standard InChI is InChI=1S/C15H17NO6/c17-7-10-12(18)13(19)14(20)15(22-10)21-9-5-1-3-8-4-2-6-16-11(8)9/h1-6,10,12-15,17-20H,7H2/t10-,12?,13?,14?,15?/m1/s1. The third-order valence-electron chi connectivity index (χ3n) is 3.69. The van der Waals surface area contributed by atoms with Crippen LogP contribution in [0.4, 0.5) is 0 Å². The molecule has 1 saturated heterocycles. The average Bonchev–Trinajstić information content (AvgIpc) is 2.55. The number of aliphatic hydroxyl groups excluding tert-OH is 4. The molecule has 3 rings (SSSR count). The van der Waals surface area contributed by atoms with Gasteiger partial charge in [0.05, 0.1) is 6.61 Å². The van der Waals surface area contributed by atoms with Gasteiger partial charge in [0.25, 0.3) is 0 Å². The Hall–Kier alpha value is -1.77. The molecule has 0 saturated carbocycles. The molecule has 118 valence electrons. The first-order valence-corrected chi connectivity index (χ1v) is 6.92. The molecule has 4 unspecified atom stereocenters. The summed E-state index contributed by atoms with van der Waals surface area (Å²) in [4.78, 5) is 4.22. The first kappa shape index (κ1) is 15.1.